The highest BCUT2D eigenvalue weighted by Crippen LogP contribution is 2.08. The number of esters is 1. The van der Waals surface area contributed by atoms with Crippen LogP contribution in [-0.4, -0.2) is 23.8 Å². The van der Waals surface area contributed by atoms with Gasteiger partial charge in [0, 0.05) is 11.5 Å². The lowest BCUT2D eigenvalue weighted by Crippen LogP contribution is -1.98. The number of rotatable bonds is 4. The lowest BCUT2D eigenvalue weighted by molar-refractivity contribution is -0.137. The van der Waals surface area contributed by atoms with Crippen LogP contribution in [0, 0.1) is 0 Å². The Morgan fingerprint density at radius 3 is 3.07 bits per heavy atom. The number of hydrogen-bond donors (Lipinski definition) is 0. The zero-order chi connectivity index (χ0) is 10.4. The Labute approximate surface area is 85.2 Å². The summed E-state index contributed by atoms with van der Waals surface area (Å²) in [6.07, 6.45) is 3.47. The summed E-state index contributed by atoms with van der Waals surface area (Å²) in [5.41, 5.74) is 0.588. The number of ether oxygens (including phenoxy) is 1. The molecular weight excluding hydrogens is 202 g/mol. The zero-order valence-corrected chi connectivity index (χ0v) is 8.41. The van der Waals surface area contributed by atoms with Crippen molar-refractivity contribution in [1.82, 2.24) is 4.98 Å². The van der Waals surface area contributed by atoms with E-state index in [1.807, 2.05) is 0 Å². The van der Waals surface area contributed by atoms with Crippen LogP contribution in [0.3, 0.4) is 0 Å². The molecule has 14 heavy (non-hydrogen) atoms. The maximum atomic E-state index is 10.9. The molecule has 1 aromatic rings. The zero-order valence-electron chi connectivity index (χ0n) is 7.60. The van der Waals surface area contributed by atoms with E-state index in [2.05, 4.69) is 9.72 Å². The largest absolute Gasteiger partial charge is 0.463 e. The summed E-state index contributed by atoms with van der Waals surface area (Å²) in [5.74, 6) is -0.409. The van der Waals surface area contributed by atoms with Crippen molar-refractivity contribution in [3.05, 3.63) is 22.2 Å². The van der Waals surface area contributed by atoms with Gasteiger partial charge in [-0.1, -0.05) is 0 Å². The van der Waals surface area contributed by atoms with Gasteiger partial charge in [0.05, 0.1) is 12.3 Å². The molecule has 0 unspecified atom stereocenters. The average molecular weight is 211 g/mol. The van der Waals surface area contributed by atoms with E-state index in [-0.39, 0.29) is 0 Å². The van der Waals surface area contributed by atoms with E-state index in [4.69, 9.17) is 0 Å². The molecule has 0 aliphatic carbocycles. The van der Waals surface area contributed by atoms with Gasteiger partial charge >= 0.3 is 5.97 Å². The average Bonchev–Trinajstić information content (AvgIpc) is 2.63. The van der Waals surface area contributed by atoms with E-state index in [1.165, 1.54) is 23.5 Å². The fourth-order valence-electron chi connectivity index (χ4n) is 0.775. The minimum absolute atomic E-state index is 0.347. The smallest absolute Gasteiger partial charge is 0.330 e. The van der Waals surface area contributed by atoms with Gasteiger partial charge in [0.1, 0.15) is 0 Å². The summed E-state index contributed by atoms with van der Waals surface area (Å²) in [5, 5.41) is 2.09. The predicted octanol–water partition coefficient (Wildman–Crippen LogP) is 1.53. The first-order chi connectivity index (χ1) is 6.76. The molecule has 1 heterocycles. The molecule has 0 saturated heterocycles. The highest BCUT2D eigenvalue weighted by Gasteiger charge is 1.98. The number of carbonyl (C=O) groups excluding carboxylic acids is 2. The summed E-state index contributed by atoms with van der Waals surface area (Å²) < 4.78 is 4.68. The second-order valence-electron chi connectivity index (χ2n) is 2.31. The standard InChI is InChI=1S/C9H9NO3S/c1-2-13-9(12)4-3-7-6-14-8(5-11)10-7/h3-6H,2H2,1H3. The summed E-state index contributed by atoms with van der Waals surface area (Å²) in [7, 11) is 0. The quantitative estimate of drug-likeness (QED) is 0.430. The summed E-state index contributed by atoms with van der Waals surface area (Å²) in [6.45, 7) is 2.08. The van der Waals surface area contributed by atoms with Crippen molar-refractivity contribution in [2.45, 2.75) is 6.92 Å². The Morgan fingerprint density at radius 2 is 2.50 bits per heavy atom. The highest BCUT2D eigenvalue weighted by molar-refractivity contribution is 7.11. The van der Waals surface area contributed by atoms with Crippen LogP contribution < -0.4 is 0 Å². The Hall–Kier alpha value is -1.49. The molecule has 0 bridgehead atoms. The van der Waals surface area contributed by atoms with E-state index >= 15 is 0 Å². The fraction of sp³-hybridized carbons (Fsp3) is 0.222. The Kier molecular flexibility index (Phi) is 4.00. The van der Waals surface area contributed by atoms with Crippen LogP contribution in [0.15, 0.2) is 11.5 Å². The van der Waals surface area contributed by atoms with Crippen LogP contribution in [0.5, 0.6) is 0 Å². The van der Waals surface area contributed by atoms with Gasteiger partial charge in [-0.15, -0.1) is 11.3 Å². The number of nitrogens with zero attached hydrogens (tertiary/aromatic N) is 1. The Bertz CT molecular complexity index is 357. The maximum absolute atomic E-state index is 10.9. The second kappa shape index (κ2) is 5.29. The third-order valence-electron chi connectivity index (χ3n) is 1.32. The first-order valence-electron chi connectivity index (χ1n) is 4.01. The van der Waals surface area contributed by atoms with E-state index in [1.54, 1.807) is 12.3 Å². The summed E-state index contributed by atoms with van der Waals surface area (Å²) >= 11 is 1.23. The van der Waals surface area contributed by atoms with Crippen molar-refractivity contribution in [3.63, 3.8) is 0 Å². The van der Waals surface area contributed by atoms with E-state index < -0.39 is 5.97 Å². The molecule has 0 radical (unpaired) electrons. The SMILES string of the molecule is CCOC(=O)C=Cc1csc(C=O)n1. The van der Waals surface area contributed by atoms with Gasteiger partial charge in [0.15, 0.2) is 11.3 Å². The fourth-order valence-corrected chi connectivity index (χ4v) is 1.36. The number of thiazole rings is 1. The van der Waals surface area contributed by atoms with E-state index in [0.717, 1.165) is 0 Å². The third kappa shape index (κ3) is 3.10. The van der Waals surface area contributed by atoms with Crippen molar-refractivity contribution in [2.75, 3.05) is 6.61 Å². The van der Waals surface area contributed by atoms with Crippen molar-refractivity contribution in [2.24, 2.45) is 0 Å². The lowest BCUT2D eigenvalue weighted by Gasteiger charge is -1.92. The van der Waals surface area contributed by atoms with Crippen molar-refractivity contribution in [1.29, 1.82) is 0 Å². The molecular formula is C9H9NO3S. The number of hydrogen-bond acceptors (Lipinski definition) is 5. The normalized spacial score (nSPS) is 10.4. The van der Waals surface area contributed by atoms with Gasteiger partial charge in [-0.3, -0.25) is 4.79 Å². The number of aldehydes is 1. The van der Waals surface area contributed by atoms with Crippen LogP contribution in [0.2, 0.25) is 0 Å². The minimum atomic E-state index is -0.409. The van der Waals surface area contributed by atoms with Crippen molar-refractivity contribution in [3.8, 4) is 0 Å². The monoisotopic (exact) mass is 211 g/mol. The summed E-state index contributed by atoms with van der Waals surface area (Å²) in [4.78, 5) is 25.1. The Balaban J connectivity index is 2.59. The molecule has 0 aliphatic rings. The topological polar surface area (TPSA) is 56.3 Å². The highest BCUT2D eigenvalue weighted by atomic mass is 32.1. The minimum Gasteiger partial charge on any atom is -0.463 e. The summed E-state index contributed by atoms with van der Waals surface area (Å²) in [6, 6.07) is 0. The molecule has 0 atom stereocenters. The molecule has 0 aromatic carbocycles. The van der Waals surface area contributed by atoms with Crippen LogP contribution in [0.1, 0.15) is 22.4 Å². The third-order valence-corrected chi connectivity index (χ3v) is 2.11. The molecule has 0 aliphatic heterocycles. The maximum Gasteiger partial charge on any atom is 0.330 e. The number of carbonyl (C=O) groups is 2. The van der Waals surface area contributed by atoms with Gasteiger partial charge in [0.2, 0.25) is 0 Å². The molecule has 74 valence electrons. The van der Waals surface area contributed by atoms with Crippen molar-refractivity contribution < 1.29 is 14.3 Å². The molecule has 0 saturated carbocycles. The molecule has 1 aromatic heterocycles. The molecule has 1 rings (SSSR count). The molecule has 0 N–H and O–H groups in total. The van der Waals surface area contributed by atoms with Crippen LogP contribution in [-0.2, 0) is 9.53 Å². The number of aromatic nitrogens is 1. The van der Waals surface area contributed by atoms with E-state index in [9.17, 15) is 9.59 Å². The van der Waals surface area contributed by atoms with Gasteiger partial charge < -0.3 is 4.74 Å². The van der Waals surface area contributed by atoms with Crippen LogP contribution >= 0.6 is 11.3 Å². The second-order valence-corrected chi connectivity index (χ2v) is 3.20. The molecule has 0 fully saturated rings. The Morgan fingerprint density at radius 1 is 1.71 bits per heavy atom. The van der Waals surface area contributed by atoms with Gasteiger partial charge in [-0.25, -0.2) is 9.78 Å². The molecule has 0 spiro atoms. The van der Waals surface area contributed by atoms with Gasteiger partial charge in [-0.05, 0) is 13.0 Å². The van der Waals surface area contributed by atoms with E-state index in [0.29, 0.717) is 23.6 Å². The molecule has 4 nitrogen and oxygen atoms in total. The first-order valence-corrected chi connectivity index (χ1v) is 4.89. The van der Waals surface area contributed by atoms with Crippen LogP contribution in [0.4, 0.5) is 0 Å². The molecule has 0 amide bonds. The van der Waals surface area contributed by atoms with Crippen molar-refractivity contribution >= 4 is 29.7 Å². The first kappa shape index (κ1) is 10.6. The predicted molar refractivity (Wildman–Crippen MR) is 53.2 cm³/mol. The molecule has 5 heteroatoms. The van der Waals surface area contributed by atoms with Crippen LogP contribution in [0.25, 0.3) is 6.08 Å². The van der Waals surface area contributed by atoms with Gasteiger partial charge in [-0.2, -0.15) is 0 Å². The van der Waals surface area contributed by atoms with Gasteiger partial charge in [0.25, 0.3) is 0 Å². The lowest BCUT2D eigenvalue weighted by atomic mass is 10.4.